The first-order chi connectivity index (χ1) is 8.40. The van der Waals surface area contributed by atoms with Crippen LogP contribution in [0.4, 0.5) is 0 Å². The maximum absolute atomic E-state index is 12.4. The van der Waals surface area contributed by atoms with Gasteiger partial charge in [0.25, 0.3) is 0 Å². The Bertz CT molecular complexity index is 318. The number of amides is 1. The molecule has 0 aromatic heterocycles. The second-order valence-electron chi connectivity index (χ2n) is 5.36. The van der Waals surface area contributed by atoms with E-state index in [1.54, 1.807) is 13.8 Å². The molecule has 0 radical (unpaired) electrons. The van der Waals surface area contributed by atoms with Gasteiger partial charge in [-0.3, -0.25) is 4.79 Å². The molecule has 0 atom stereocenters. The van der Waals surface area contributed by atoms with E-state index in [-0.39, 0.29) is 5.91 Å². The fourth-order valence-corrected chi connectivity index (χ4v) is 2.36. The average Bonchev–Trinajstić information content (AvgIpc) is 2.36. The Hall–Kier alpha value is -1.10. The van der Waals surface area contributed by atoms with Gasteiger partial charge in [0.05, 0.1) is 0 Å². The van der Waals surface area contributed by atoms with Gasteiger partial charge in [-0.15, -0.1) is 0 Å². The van der Waals surface area contributed by atoms with Crippen molar-refractivity contribution < 1.29 is 14.7 Å². The molecule has 1 heterocycles. The predicted octanol–water partition coefficient (Wildman–Crippen LogP) is 1.14. The summed E-state index contributed by atoms with van der Waals surface area (Å²) in [4.78, 5) is 23.7. The lowest BCUT2D eigenvalue weighted by Gasteiger charge is -2.37. The smallest absolute Gasteiger partial charge is 0.329 e. The van der Waals surface area contributed by atoms with Crippen molar-refractivity contribution in [2.24, 2.45) is 5.41 Å². The zero-order valence-corrected chi connectivity index (χ0v) is 11.5. The fourth-order valence-electron chi connectivity index (χ4n) is 2.36. The van der Waals surface area contributed by atoms with Crippen LogP contribution in [0.25, 0.3) is 0 Å². The van der Waals surface area contributed by atoms with Crippen molar-refractivity contribution in [3.63, 3.8) is 0 Å². The maximum atomic E-state index is 12.4. The molecule has 0 bridgehead atoms. The molecule has 3 N–H and O–H groups in total. The minimum absolute atomic E-state index is 0.130. The Kier molecular flexibility index (Phi) is 4.73. The second kappa shape index (κ2) is 5.69. The number of carbonyl (C=O) groups excluding carboxylic acids is 1. The van der Waals surface area contributed by atoms with Crippen molar-refractivity contribution in [3.8, 4) is 0 Å². The van der Waals surface area contributed by atoms with Gasteiger partial charge in [-0.2, -0.15) is 0 Å². The van der Waals surface area contributed by atoms with E-state index in [0.29, 0.717) is 12.8 Å². The molecule has 1 amide bonds. The summed E-state index contributed by atoms with van der Waals surface area (Å²) >= 11 is 0. The van der Waals surface area contributed by atoms with Crippen molar-refractivity contribution in [3.05, 3.63) is 0 Å². The highest BCUT2D eigenvalue weighted by atomic mass is 16.4. The summed E-state index contributed by atoms with van der Waals surface area (Å²) < 4.78 is 0. The SMILES string of the molecule is CCC(CC)(NC(=O)C1(C)CCNCC1)C(=O)O. The molecule has 104 valence electrons. The molecule has 0 spiro atoms. The Labute approximate surface area is 108 Å². The topological polar surface area (TPSA) is 78.4 Å². The van der Waals surface area contributed by atoms with Gasteiger partial charge < -0.3 is 15.7 Å². The van der Waals surface area contributed by atoms with Crippen LogP contribution in [0, 0.1) is 5.41 Å². The van der Waals surface area contributed by atoms with Gasteiger partial charge >= 0.3 is 5.97 Å². The molecule has 0 aromatic carbocycles. The molecule has 1 aliphatic rings. The monoisotopic (exact) mass is 256 g/mol. The minimum Gasteiger partial charge on any atom is -0.480 e. The van der Waals surface area contributed by atoms with Crippen molar-refractivity contribution in [1.29, 1.82) is 0 Å². The van der Waals surface area contributed by atoms with E-state index in [1.807, 2.05) is 6.92 Å². The minimum atomic E-state index is -1.12. The highest BCUT2D eigenvalue weighted by Gasteiger charge is 2.42. The number of hydrogen-bond acceptors (Lipinski definition) is 3. The molecule has 1 rings (SSSR count). The van der Waals surface area contributed by atoms with Crippen molar-refractivity contribution in [1.82, 2.24) is 10.6 Å². The van der Waals surface area contributed by atoms with E-state index in [0.717, 1.165) is 25.9 Å². The highest BCUT2D eigenvalue weighted by molar-refractivity contribution is 5.89. The summed E-state index contributed by atoms with van der Waals surface area (Å²) in [5.41, 5.74) is -1.57. The summed E-state index contributed by atoms with van der Waals surface area (Å²) in [6.07, 6.45) is 2.31. The summed E-state index contributed by atoms with van der Waals surface area (Å²) in [6.45, 7) is 7.12. The molecular formula is C13H24N2O3. The van der Waals surface area contributed by atoms with Crippen LogP contribution < -0.4 is 10.6 Å². The lowest BCUT2D eigenvalue weighted by Crippen LogP contribution is -2.58. The number of carboxylic acid groups (broad SMARTS) is 1. The van der Waals surface area contributed by atoms with Crippen LogP contribution in [0.15, 0.2) is 0 Å². The third kappa shape index (κ3) is 2.83. The van der Waals surface area contributed by atoms with Crippen LogP contribution in [-0.2, 0) is 9.59 Å². The summed E-state index contributed by atoms with van der Waals surface area (Å²) in [7, 11) is 0. The van der Waals surface area contributed by atoms with Gasteiger partial charge in [0.15, 0.2) is 0 Å². The highest BCUT2D eigenvalue weighted by Crippen LogP contribution is 2.29. The number of rotatable bonds is 5. The van der Waals surface area contributed by atoms with E-state index in [1.165, 1.54) is 0 Å². The third-order valence-corrected chi connectivity index (χ3v) is 4.22. The lowest BCUT2D eigenvalue weighted by molar-refractivity contribution is -0.150. The summed E-state index contributed by atoms with van der Waals surface area (Å²) in [6, 6.07) is 0. The molecule has 1 fully saturated rings. The Morgan fingerprint density at radius 2 is 1.78 bits per heavy atom. The lowest BCUT2D eigenvalue weighted by atomic mass is 9.79. The summed E-state index contributed by atoms with van der Waals surface area (Å²) in [5.74, 6) is -1.08. The largest absolute Gasteiger partial charge is 0.480 e. The van der Waals surface area contributed by atoms with E-state index >= 15 is 0 Å². The molecule has 0 saturated carbocycles. The normalized spacial score (nSPS) is 19.3. The summed E-state index contributed by atoms with van der Waals surface area (Å²) in [5, 5.41) is 15.3. The van der Waals surface area contributed by atoms with Gasteiger partial charge in [0.2, 0.25) is 5.91 Å². The quantitative estimate of drug-likeness (QED) is 0.689. The van der Waals surface area contributed by atoms with Crippen LogP contribution in [0.1, 0.15) is 46.5 Å². The maximum Gasteiger partial charge on any atom is 0.329 e. The fraction of sp³-hybridized carbons (Fsp3) is 0.846. The van der Waals surface area contributed by atoms with E-state index in [2.05, 4.69) is 10.6 Å². The number of piperidine rings is 1. The molecule has 0 aliphatic carbocycles. The Morgan fingerprint density at radius 3 is 2.17 bits per heavy atom. The second-order valence-corrected chi connectivity index (χ2v) is 5.36. The van der Waals surface area contributed by atoms with Crippen LogP contribution in [0.3, 0.4) is 0 Å². The molecule has 5 heteroatoms. The van der Waals surface area contributed by atoms with E-state index in [9.17, 15) is 14.7 Å². The van der Waals surface area contributed by atoms with Gasteiger partial charge in [-0.05, 0) is 38.8 Å². The zero-order valence-electron chi connectivity index (χ0n) is 11.5. The molecule has 18 heavy (non-hydrogen) atoms. The van der Waals surface area contributed by atoms with E-state index < -0.39 is 16.9 Å². The first kappa shape index (κ1) is 15.0. The molecule has 1 aliphatic heterocycles. The number of carboxylic acids is 1. The van der Waals surface area contributed by atoms with Crippen LogP contribution in [0.2, 0.25) is 0 Å². The standard InChI is InChI=1S/C13H24N2O3/c1-4-13(5-2,11(17)18)15-10(16)12(3)6-8-14-9-7-12/h14H,4-9H2,1-3H3,(H,15,16)(H,17,18). The number of nitrogens with one attached hydrogen (secondary N) is 2. The average molecular weight is 256 g/mol. The van der Waals surface area contributed by atoms with E-state index in [4.69, 9.17) is 0 Å². The molecule has 5 nitrogen and oxygen atoms in total. The van der Waals surface area contributed by atoms with Crippen LogP contribution >= 0.6 is 0 Å². The Balaban J connectivity index is 2.81. The molecular weight excluding hydrogens is 232 g/mol. The number of hydrogen-bond donors (Lipinski definition) is 3. The van der Waals surface area contributed by atoms with Crippen molar-refractivity contribution >= 4 is 11.9 Å². The molecule has 0 unspecified atom stereocenters. The van der Waals surface area contributed by atoms with Gasteiger partial charge in [0.1, 0.15) is 5.54 Å². The predicted molar refractivity (Wildman–Crippen MR) is 69.3 cm³/mol. The zero-order chi connectivity index (χ0) is 13.8. The first-order valence-electron chi connectivity index (χ1n) is 6.67. The van der Waals surface area contributed by atoms with Crippen molar-refractivity contribution in [2.45, 2.75) is 52.0 Å². The van der Waals surface area contributed by atoms with Gasteiger partial charge in [0, 0.05) is 5.41 Å². The van der Waals surface area contributed by atoms with Gasteiger partial charge in [-0.1, -0.05) is 20.8 Å². The van der Waals surface area contributed by atoms with Crippen molar-refractivity contribution in [2.75, 3.05) is 13.1 Å². The van der Waals surface area contributed by atoms with Gasteiger partial charge in [-0.25, -0.2) is 4.79 Å². The molecule has 0 aromatic rings. The number of aliphatic carboxylic acids is 1. The Morgan fingerprint density at radius 1 is 1.28 bits per heavy atom. The first-order valence-corrected chi connectivity index (χ1v) is 6.67. The third-order valence-electron chi connectivity index (χ3n) is 4.22. The number of carbonyl (C=O) groups is 2. The van der Waals surface area contributed by atoms with Crippen LogP contribution in [0.5, 0.6) is 0 Å². The molecule has 1 saturated heterocycles. The van der Waals surface area contributed by atoms with Crippen LogP contribution in [-0.4, -0.2) is 35.6 Å².